The number of carbonyl (C=O) groups excluding carboxylic acids is 1. The predicted octanol–water partition coefficient (Wildman–Crippen LogP) is 7.83. The van der Waals surface area contributed by atoms with E-state index in [4.69, 9.17) is 4.74 Å². The maximum Gasteiger partial charge on any atom is 0.306 e. The van der Waals surface area contributed by atoms with Gasteiger partial charge in [0.15, 0.2) is 0 Å². The van der Waals surface area contributed by atoms with Crippen LogP contribution >= 0.6 is 0 Å². The SMILES string of the molecule is CCCCCC(=O)O[C@H]1CC[C@]2(C)[C@H]3C[C@@H](O)[C@@H]4[C@@H]([C@](C)(O)CCCC(C)(C)O)CC[C@@]4(C)[C@]3(C)CC[C@H]2C1(C)C. The Hall–Kier alpha value is -0.650. The fraction of sp³-hybridized carbons (Fsp3) is 0.972. The second-order valence-corrected chi connectivity index (χ2v) is 17.3. The van der Waals surface area contributed by atoms with E-state index in [0.717, 1.165) is 70.6 Å². The molecule has 10 atom stereocenters. The molecule has 4 fully saturated rings. The standard InChI is InChI=1S/C36H64O5/c1-10-11-12-14-29(38)41-28-17-20-33(6)26(32(28,4)5)16-22-34(7)27(33)23-25(37)30-24(15-21-35(30,34)8)36(9,40)19-13-18-31(2,3)39/h24-28,30,37,39-40H,10-23H2,1-9H3/t24-,25+,26-,27+,28-,30-,33-,34+,35+,36+/m0/s1. The molecule has 0 unspecified atom stereocenters. The van der Waals surface area contributed by atoms with Crippen molar-refractivity contribution in [2.75, 3.05) is 0 Å². The van der Waals surface area contributed by atoms with Crippen molar-refractivity contribution >= 4 is 5.97 Å². The molecule has 0 aromatic carbocycles. The monoisotopic (exact) mass is 576 g/mol. The summed E-state index contributed by atoms with van der Waals surface area (Å²) in [6.45, 7) is 20.0. The summed E-state index contributed by atoms with van der Waals surface area (Å²) in [7, 11) is 0. The van der Waals surface area contributed by atoms with Gasteiger partial charge in [-0.1, -0.05) is 54.4 Å². The molecule has 4 aliphatic carbocycles. The van der Waals surface area contributed by atoms with Crippen molar-refractivity contribution in [1.82, 2.24) is 0 Å². The molecule has 0 saturated heterocycles. The molecule has 0 aromatic heterocycles. The molecule has 0 aliphatic heterocycles. The van der Waals surface area contributed by atoms with Crippen molar-refractivity contribution < 1.29 is 24.9 Å². The molecule has 0 bridgehead atoms. The highest BCUT2D eigenvalue weighted by Crippen LogP contribution is 2.76. The van der Waals surface area contributed by atoms with E-state index in [1.54, 1.807) is 0 Å². The minimum absolute atomic E-state index is 0.0268. The Bertz CT molecular complexity index is 935. The molecule has 0 heterocycles. The average molecular weight is 577 g/mol. The molecule has 5 nitrogen and oxygen atoms in total. The summed E-state index contributed by atoms with van der Waals surface area (Å²) in [6.07, 6.45) is 12.3. The van der Waals surface area contributed by atoms with Gasteiger partial charge in [0.05, 0.1) is 17.3 Å². The minimum atomic E-state index is -0.847. The van der Waals surface area contributed by atoms with E-state index in [1.165, 1.54) is 0 Å². The van der Waals surface area contributed by atoms with Crippen LogP contribution in [0.3, 0.4) is 0 Å². The van der Waals surface area contributed by atoms with Crippen molar-refractivity contribution in [3.8, 4) is 0 Å². The third-order valence-corrected chi connectivity index (χ3v) is 13.9. The lowest BCUT2D eigenvalue weighted by molar-refractivity contribution is -0.249. The van der Waals surface area contributed by atoms with Crippen molar-refractivity contribution in [3.63, 3.8) is 0 Å². The van der Waals surface area contributed by atoms with Gasteiger partial charge in [0, 0.05) is 11.8 Å². The fourth-order valence-electron chi connectivity index (χ4n) is 11.4. The summed E-state index contributed by atoms with van der Waals surface area (Å²) in [5.41, 5.74) is -1.51. The van der Waals surface area contributed by atoms with E-state index in [1.807, 2.05) is 20.8 Å². The summed E-state index contributed by atoms with van der Waals surface area (Å²) in [6, 6.07) is 0. The number of esters is 1. The third-order valence-electron chi connectivity index (χ3n) is 13.9. The minimum Gasteiger partial charge on any atom is -0.462 e. The van der Waals surface area contributed by atoms with Crippen molar-refractivity contribution in [1.29, 1.82) is 0 Å². The van der Waals surface area contributed by atoms with Gasteiger partial charge in [-0.2, -0.15) is 0 Å². The van der Waals surface area contributed by atoms with Gasteiger partial charge in [-0.3, -0.25) is 4.79 Å². The second-order valence-electron chi connectivity index (χ2n) is 17.3. The topological polar surface area (TPSA) is 87.0 Å². The van der Waals surface area contributed by atoms with Crippen LogP contribution in [0.5, 0.6) is 0 Å². The number of hydrogen-bond acceptors (Lipinski definition) is 5. The van der Waals surface area contributed by atoms with E-state index < -0.39 is 17.3 Å². The van der Waals surface area contributed by atoms with Crippen LogP contribution in [-0.4, -0.2) is 44.7 Å². The predicted molar refractivity (Wildman–Crippen MR) is 165 cm³/mol. The number of unbranched alkanes of at least 4 members (excludes halogenated alkanes) is 2. The van der Waals surface area contributed by atoms with Crippen LogP contribution < -0.4 is 0 Å². The molecule has 4 rings (SSSR count). The molecule has 0 spiro atoms. The Morgan fingerprint density at radius 1 is 0.854 bits per heavy atom. The summed E-state index contributed by atoms with van der Waals surface area (Å²) in [4.78, 5) is 12.7. The first-order valence-electron chi connectivity index (χ1n) is 17.2. The normalized spacial score (nSPS) is 43.4. The smallest absolute Gasteiger partial charge is 0.306 e. The van der Waals surface area contributed by atoms with Gasteiger partial charge in [-0.25, -0.2) is 0 Å². The maximum atomic E-state index is 12.7. The van der Waals surface area contributed by atoms with Crippen LogP contribution in [0.4, 0.5) is 0 Å². The molecule has 3 N–H and O–H groups in total. The van der Waals surface area contributed by atoms with Crippen LogP contribution in [0.25, 0.3) is 0 Å². The van der Waals surface area contributed by atoms with Gasteiger partial charge < -0.3 is 20.1 Å². The van der Waals surface area contributed by atoms with Gasteiger partial charge >= 0.3 is 5.97 Å². The molecular formula is C36H64O5. The highest BCUT2D eigenvalue weighted by molar-refractivity contribution is 5.69. The van der Waals surface area contributed by atoms with Gasteiger partial charge in [-0.15, -0.1) is 0 Å². The van der Waals surface area contributed by atoms with Gasteiger partial charge in [-0.05, 0) is 131 Å². The highest BCUT2D eigenvalue weighted by atomic mass is 16.5. The Morgan fingerprint density at radius 3 is 2.15 bits per heavy atom. The molecule has 238 valence electrons. The summed E-state index contributed by atoms with van der Waals surface area (Å²) < 4.78 is 6.19. The fourth-order valence-corrected chi connectivity index (χ4v) is 11.4. The van der Waals surface area contributed by atoms with Gasteiger partial charge in [0.25, 0.3) is 0 Å². The van der Waals surface area contributed by atoms with Gasteiger partial charge in [0.1, 0.15) is 6.10 Å². The zero-order valence-corrected chi connectivity index (χ0v) is 28.0. The van der Waals surface area contributed by atoms with E-state index in [2.05, 4.69) is 41.5 Å². The van der Waals surface area contributed by atoms with Crippen LogP contribution in [0.1, 0.15) is 152 Å². The molecule has 41 heavy (non-hydrogen) atoms. The van der Waals surface area contributed by atoms with Crippen molar-refractivity contribution in [2.24, 2.45) is 45.3 Å². The zero-order valence-electron chi connectivity index (χ0n) is 28.0. The van der Waals surface area contributed by atoms with Crippen molar-refractivity contribution in [3.05, 3.63) is 0 Å². The van der Waals surface area contributed by atoms with Crippen LogP contribution in [0, 0.1) is 45.3 Å². The number of ether oxygens (including phenoxy) is 1. The molecule has 4 aliphatic rings. The first kappa shape index (κ1) is 33.2. The first-order chi connectivity index (χ1) is 18.8. The number of rotatable bonds is 10. The second kappa shape index (κ2) is 11.4. The summed E-state index contributed by atoms with van der Waals surface area (Å²) in [5, 5.41) is 34.0. The Balaban J connectivity index is 1.54. The Morgan fingerprint density at radius 2 is 1.51 bits per heavy atom. The number of aliphatic hydroxyl groups excluding tert-OH is 1. The Labute approximate surface area is 251 Å². The van der Waals surface area contributed by atoms with Crippen molar-refractivity contribution in [2.45, 2.75) is 176 Å². The van der Waals surface area contributed by atoms with E-state index in [0.29, 0.717) is 31.1 Å². The van der Waals surface area contributed by atoms with E-state index in [9.17, 15) is 20.1 Å². The summed E-state index contributed by atoms with van der Waals surface area (Å²) >= 11 is 0. The molecule has 0 amide bonds. The molecule has 0 aromatic rings. The molecular weight excluding hydrogens is 512 g/mol. The third kappa shape index (κ3) is 5.79. The van der Waals surface area contributed by atoms with Gasteiger partial charge in [0.2, 0.25) is 0 Å². The first-order valence-corrected chi connectivity index (χ1v) is 17.2. The largest absolute Gasteiger partial charge is 0.462 e. The lowest BCUT2D eigenvalue weighted by atomic mass is 9.35. The van der Waals surface area contributed by atoms with Crippen LogP contribution in [0.15, 0.2) is 0 Å². The number of carbonyl (C=O) groups is 1. The Kier molecular flexibility index (Phi) is 9.22. The number of fused-ring (bicyclic) bond motifs is 5. The number of aliphatic hydroxyl groups is 3. The van der Waals surface area contributed by atoms with E-state index >= 15 is 0 Å². The molecule has 0 radical (unpaired) electrons. The van der Waals surface area contributed by atoms with Crippen LogP contribution in [0.2, 0.25) is 0 Å². The maximum absolute atomic E-state index is 12.7. The quantitative estimate of drug-likeness (QED) is 0.182. The summed E-state index contributed by atoms with van der Waals surface area (Å²) in [5.74, 6) is 0.992. The van der Waals surface area contributed by atoms with E-state index in [-0.39, 0.29) is 45.6 Å². The highest BCUT2D eigenvalue weighted by Gasteiger charge is 2.71. The lowest BCUT2D eigenvalue weighted by Crippen LogP contribution is -2.66. The number of hydrogen-bond donors (Lipinski definition) is 3. The molecule has 5 heteroatoms. The average Bonchev–Trinajstić information content (AvgIpc) is 3.23. The zero-order chi connectivity index (χ0) is 30.6. The molecule has 4 saturated carbocycles. The van der Waals surface area contributed by atoms with Crippen LogP contribution in [-0.2, 0) is 9.53 Å². The lowest BCUT2D eigenvalue weighted by Gasteiger charge is -2.70.